The van der Waals surface area contributed by atoms with Crippen LogP contribution in [-0.2, 0) is 32.5 Å². The molecule has 2 heterocycles. The second-order valence-electron chi connectivity index (χ2n) is 5.01. The van der Waals surface area contributed by atoms with Crippen molar-refractivity contribution in [1.29, 1.82) is 0 Å². The Morgan fingerprint density at radius 3 is 1.81 bits per heavy atom. The van der Waals surface area contributed by atoms with Gasteiger partial charge in [0.05, 0.1) is 23.9 Å². The van der Waals surface area contributed by atoms with Crippen molar-refractivity contribution in [1.82, 2.24) is 9.97 Å². The van der Waals surface area contributed by atoms with E-state index in [-0.39, 0.29) is 11.4 Å². The summed E-state index contributed by atoms with van der Waals surface area (Å²) in [5.41, 5.74) is 2.16. The number of Topliss-reactive ketones (excluding diaryl/α,β-unsaturated/α-hetero) is 1. The largest absolute Gasteiger partial charge is 0.254 e. The Morgan fingerprint density at radius 2 is 1.42 bits per heavy atom. The molecule has 0 amide bonds. The van der Waals surface area contributed by atoms with E-state index < -0.39 is 5.97 Å². The van der Waals surface area contributed by atoms with Gasteiger partial charge in [-0.3, -0.25) is 9.97 Å². The second kappa shape index (κ2) is 11.5. The number of aromatic nitrogens is 2. The summed E-state index contributed by atoms with van der Waals surface area (Å²) in [6.45, 7) is 2.81. The van der Waals surface area contributed by atoms with E-state index in [9.17, 15) is 9.59 Å². The minimum absolute atomic E-state index is 0.204. The Labute approximate surface area is 166 Å². The van der Waals surface area contributed by atoms with Gasteiger partial charge in [0.15, 0.2) is 5.97 Å². The number of nitrogens with zero attached hydrogens (tertiary/aromatic N) is 2. The molecule has 0 aliphatic carbocycles. The zero-order chi connectivity index (χ0) is 19.5. The van der Waals surface area contributed by atoms with Gasteiger partial charge in [-0.05, 0) is 19.1 Å². The number of esters is 1. The molecular weight excluding hydrogens is 446 g/mol. The Hall–Kier alpha value is -2.13. The van der Waals surface area contributed by atoms with Crippen molar-refractivity contribution < 1.29 is 32.5 Å². The van der Waals surface area contributed by atoms with Crippen molar-refractivity contribution in [2.75, 3.05) is 7.11 Å². The van der Waals surface area contributed by atoms with E-state index in [0.717, 1.165) is 21.8 Å². The van der Waals surface area contributed by atoms with Crippen LogP contribution < -0.4 is 0 Å². The third kappa shape index (κ3) is 6.31. The van der Waals surface area contributed by atoms with Crippen molar-refractivity contribution >= 4 is 43.1 Å². The van der Waals surface area contributed by atoms with Crippen LogP contribution in [0.1, 0.15) is 13.8 Å². The van der Waals surface area contributed by atoms with Crippen LogP contribution in [0.15, 0.2) is 54.4 Å². The summed E-state index contributed by atoms with van der Waals surface area (Å²) in [6.07, 6.45) is 5.90. The van der Waals surface area contributed by atoms with Gasteiger partial charge in [-0.2, -0.15) is 6.08 Å². The maximum absolute atomic E-state index is 10.6. The first-order valence-electron chi connectivity index (χ1n) is 7.43. The molecule has 3 rings (SSSR count). The zero-order valence-electron chi connectivity index (χ0n) is 14.4. The van der Waals surface area contributed by atoms with Crippen molar-refractivity contribution in [3.05, 3.63) is 60.4 Å². The first kappa shape index (κ1) is 21.9. The molecule has 0 spiro atoms. The van der Waals surface area contributed by atoms with Gasteiger partial charge in [0, 0.05) is 23.2 Å². The number of hydrogen-bond acceptors (Lipinski definition) is 5. The fraction of sp³-hybridized carbons (Fsp3) is 0.158. The number of ketones is 1. The van der Waals surface area contributed by atoms with Crippen LogP contribution in [0.25, 0.3) is 21.8 Å². The van der Waals surface area contributed by atoms with Crippen molar-refractivity contribution in [3.8, 4) is 0 Å². The standard InChI is InChI=1S/C12H8N2.C7H9O3.ClH.Pd/c1-3-9-5-6-10-4-2-8-14-12(10)11(9)13-7-1;1-5(4-6(2)8)7(9)10-3;;/h1-8H;1-3H3;1H;/q;-1;;+2/p-1. The summed E-state index contributed by atoms with van der Waals surface area (Å²) in [7, 11) is 5.75. The normalized spacial score (nSPS) is 10.3. The Bertz CT molecular complexity index is 874. The van der Waals surface area contributed by atoms with Crippen LogP contribution >= 0.6 is 9.53 Å². The first-order chi connectivity index (χ1) is 12.5. The van der Waals surface area contributed by atoms with E-state index in [1.807, 2.05) is 12.1 Å². The Morgan fingerprint density at radius 1 is 0.962 bits per heavy atom. The SMILES string of the molecule is COC(=O)C(C)=[C-]C(C)=O.[Cl][Pd+].c1cnc2c(c1)ccc1cccnc12. The molecule has 138 valence electrons. The van der Waals surface area contributed by atoms with E-state index in [0.29, 0.717) is 0 Å². The number of carbonyl (C=O) groups excluding carboxylic acids is 2. The van der Waals surface area contributed by atoms with E-state index in [2.05, 4.69) is 72.8 Å². The molecule has 3 aromatic rings. The molecule has 0 fully saturated rings. The molecule has 7 heteroatoms. The molecule has 0 radical (unpaired) electrons. The summed E-state index contributed by atoms with van der Waals surface area (Å²) in [5, 5.41) is 2.28. The molecule has 0 N–H and O–H groups in total. The van der Waals surface area contributed by atoms with Crippen LogP contribution in [0.5, 0.6) is 0 Å². The van der Waals surface area contributed by atoms with Crippen molar-refractivity contribution in [3.63, 3.8) is 0 Å². The van der Waals surface area contributed by atoms with Crippen LogP contribution in [0.3, 0.4) is 0 Å². The zero-order valence-corrected chi connectivity index (χ0v) is 16.7. The summed E-state index contributed by atoms with van der Waals surface area (Å²) < 4.78 is 4.32. The average molecular weight is 463 g/mol. The minimum atomic E-state index is -0.518. The van der Waals surface area contributed by atoms with Crippen LogP contribution in [0.2, 0.25) is 0 Å². The first-order valence-corrected chi connectivity index (χ1v) is 9.43. The number of allylic oxidation sites excluding steroid dienone is 1. The summed E-state index contributed by atoms with van der Waals surface area (Å²) in [5.74, 6) is -0.793. The van der Waals surface area contributed by atoms with Gasteiger partial charge in [0.2, 0.25) is 0 Å². The minimum Gasteiger partial charge on any atom is -0.254 e. The smallest absolute Gasteiger partial charge is 0.0964 e. The number of hydrogen-bond donors (Lipinski definition) is 0. The molecular formula is C19H17ClN2O3Pd. The number of ether oxygens (including phenoxy) is 1. The van der Waals surface area contributed by atoms with Crippen LogP contribution in [0.4, 0.5) is 0 Å². The molecule has 0 bridgehead atoms. The Balaban J connectivity index is 0.000000252. The van der Waals surface area contributed by atoms with E-state index in [1.54, 1.807) is 12.4 Å². The van der Waals surface area contributed by atoms with Gasteiger partial charge in [-0.1, -0.05) is 31.2 Å². The number of benzene rings is 1. The number of pyridine rings is 2. The van der Waals surface area contributed by atoms with E-state index >= 15 is 0 Å². The Kier molecular flexibility index (Phi) is 9.68. The summed E-state index contributed by atoms with van der Waals surface area (Å²) >= 11 is 2.22. The quantitative estimate of drug-likeness (QED) is 0.189. The van der Waals surface area contributed by atoms with Crippen LogP contribution in [-0.4, -0.2) is 28.8 Å². The topological polar surface area (TPSA) is 69.2 Å². The van der Waals surface area contributed by atoms with Crippen LogP contribution in [0, 0.1) is 6.08 Å². The summed E-state index contributed by atoms with van der Waals surface area (Å²) in [4.78, 5) is 29.6. The maximum Gasteiger partial charge on any atom is 0.0964 e. The summed E-state index contributed by atoms with van der Waals surface area (Å²) in [6, 6.07) is 12.1. The average Bonchev–Trinajstić information content (AvgIpc) is 2.68. The van der Waals surface area contributed by atoms with Crippen molar-refractivity contribution in [2.45, 2.75) is 13.8 Å². The third-order valence-corrected chi connectivity index (χ3v) is 3.20. The van der Waals surface area contributed by atoms with Gasteiger partial charge in [0.25, 0.3) is 0 Å². The van der Waals surface area contributed by atoms with E-state index in [4.69, 9.17) is 0 Å². The number of fused-ring (bicyclic) bond motifs is 3. The molecule has 1 aromatic carbocycles. The fourth-order valence-electron chi connectivity index (χ4n) is 2.15. The number of halogens is 1. The van der Waals surface area contributed by atoms with E-state index in [1.165, 1.54) is 21.0 Å². The van der Waals surface area contributed by atoms with Gasteiger partial charge < -0.3 is 14.3 Å². The molecule has 2 aromatic heterocycles. The van der Waals surface area contributed by atoms with Gasteiger partial charge in [-0.25, -0.2) is 0 Å². The molecule has 0 saturated carbocycles. The molecule has 0 atom stereocenters. The van der Waals surface area contributed by atoms with Gasteiger partial charge in [-0.15, -0.1) is 5.57 Å². The molecule has 0 saturated heterocycles. The number of carbonyl (C=O) groups is 2. The second-order valence-corrected chi connectivity index (χ2v) is 5.01. The van der Waals surface area contributed by atoms with Gasteiger partial charge in [0.1, 0.15) is 0 Å². The molecule has 26 heavy (non-hydrogen) atoms. The van der Waals surface area contributed by atoms with Gasteiger partial charge >= 0.3 is 27.7 Å². The number of rotatable bonds is 2. The number of methoxy groups -OCH3 is 1. The van der Waals surface area contributed by atoms with Crippen molar-refractivity contribution in [2.24, 2.45) is 0 Å². The molecule has 5 nitrogen and oxygen atoms in total. The third-order valence-electron chi connectivity index (χ3n) is 3.20. The monoisotopic (exact) mass is 462 g/mol. The molecule has 0 aliphatic heterocycles. The predicted octanol–water partition coefficient (Wildman–Crippen LogP) is 3.97. The fourth-order valence-corrected chi connectivity index (χ4v) is 2.15. The molecule has 0 aliphatic rings. The maximum atomic E-state index is 10.6. The molecule has 0 unspecified atom stereocenters. The predicted molar refractivity (Wildman–Crippen MR) is 98.0 cm³/mol.